The fourth-order valence-electron chi connectivity index (χ4n) is 2.01. The SMILES string of the molecule is O=C(CCl)c1csc(-c2cccc3ccccc23)n1. The molecule has 0 bridgehead atoms. The molecule has 0 amide bonds. The normalized spacial score (nSPS) is 10.8. The average Bonchev–Trinajstić information content (AvgIpc) is 2.95. The van der Waals surface area contributed by atoms with E-state index in [0.29, 0.717) is 5.69 Å². The third-order valence-electron chi connectivity index (χ3n) is 2.93. The Balaban J connectivity index is 2.14. The Kier molecular flexibility index (Phi) is 3.32. The molecule has 0 aliphatic carbocycles. The molecule has 2 nitrogen and oxygen atoms in total. The highest BCUT2D eigenvalue weighted by atomic mass is 35.5. The van der Waals surface area contributed by atoms with Crippen LogP contribution < -0.4 is 0 Å². The van der Waals surface area contributed by atoms with Gasteiger partial charge in [-0.3, -0.25) is 4.79 Å². The van der Waals surface area contributed by atoms with Crippen molar-refractivity contribution in [3.05, 3.63) is 53.5 Å². The molecule has 1 heterocycles. The zero-order chi connectivity index (χ0) is 13.2. The lowest BCUT2D eigenvalue weighted by Crippen LogP contribution is -2.00. The van der Waals surface area contributed by atoms with E-state index in [4.69, 9.17) is 11.6 Å². The van der Waals surface area contributed by atoms with Gasteiger partial charge in [-0.1, -0.05) is 42.5 Å². The average molecular weight is 288 g/mol. The number of nitrogens with zero attached hydrogens (tertiary/aromatic N) is 1. The van der Waals surface area contributed by atoms with Gasteiger partial charge in [0.25, 0.3) is 0 Å². The molecule has 0 radical (unpaired) electrons. The first-order chi connectivity index (χ1) is 9.29. The Morgan fingerprint density at radius 3 is 2.79 bits per heavy atom. The van der Waals surface area contributed by atoms with Crippen molar-refractivity contribution in [2.45, 2.75) is 0 Å². The van der Waals surface area contributed by atoms with Crippen LogP contribution in [-0.4, -0.2) is 16.6 Å². The molecule has 0 aliphatic heterocycles. The van der Waals surface area contributed by atoms with Crippen LogP contribution in [-0.2, 0) is 0 Å². The maximum absolute atomic E-state index is 11.5. The number of aromatic nitrogens is 1. The summed E-state index contributed by atoms with van der Waals surface area (Å²) in [7, 11) is 0. The number of benzene rings is 2. The van der Waals surface area contributed by atoms with Gasteiger partial charge >= 0.3 is 0 Å². The number of rotatable bonds is 3. The van der Waals surface area contributed by atoms with Crippen LogP contribution in [0.25, 0.3) is 21.3 Å². The lowest BCUT2D eigenvalue weighted by Gasteiger charge is -2.02. The van der Waals surface area contributed by atoms with Crippen molar-refractivity contribution in [3.8, 4) is 10.6 Å². The topological polar surface area (TPSA) is 30.0 Å². The first-order valence-electron chi connectivity index (χ1n) is 5.82. The standard InChI is InChI=1S/C15H10ClNOS/c16-8-14(18)13-9-19-15(17-13)12-7-3-5-10-4-1-2-6-11(10)12/h1-7,9H,8H2. The summed E-state index contributed by atoms with van der Waals surface area (Å²) in [6.45, 7) is 0. The smallest absolute Gasteiger partial charge is 0.196 e. The number of carbonyl (C=O) groups excluding carboxylic acids is 1. The summed E-state index contributed by atoms with van der Waals surface area (Å²) in [6.07, 6.45) is 0. The van der Waals surface area contributed by atoms with Crippen molar-refractivity contribution in [2.75, 3.05) is 5.88 Å². The number of Topliss-reactive ketones (excluding diaryl/α,β-unsaturated/α-hetero) is 1. The van der Waals surface area contributed by atoms with Gasteiger partial charge < -0.3 is 0 Å². The summed E-state index contributed by atoms with van der Waals surface area (Å²) in [6, 6.07) is 14.2. The number of hydrogen-bond donors (Lipinski definition) is 0. The molecule has 0 N–H and O–H groups in total. The summed E-state index contributed by atoms with van der Waals surface area (Å²) in [5.74, 6) is -0.164. The van der Waals surface area contributed by atoms with Gasteiger partial charge in [-0.2, -0.15) is 0 Å². The van der Waals surface area contributed by atoms with E-state index in [0.717, 1.165) is 16.0 Å². The van der Waals surface area contributed by atoms with E-state index in [1.165, 1.54) is 16.7 Å². The second-order valence-corrected chi connectivity index (χ2v) is 5.25. The molecule has 0 spiro atoms. The zero-order valence-corrected chi connectivity index (χ0v) is 11.5. The second kappa shape index (κ2) is 5.11. The van der Waals surface area contributed by atoms with Crippen LogP contribution >= 0.6 is 22.9 Å². The summed E-state index contributed by atoms with van der Waals surface area (Å²) < 4.78 is 0. The minimum atomic E-state index is -0.135. The number of carbonyl (C=O) groups is 1. The fraction of sp³-hybridized carbons (Fsp3) is 0.0667. The van der Waals surface area contributed by atoms with Gasteiger partial charge in [-0.15, -0.1) is 22.9 Å². The van der Waals surface area contributed by atoms with Crippen molar-refractivity contribution in [1.29, 1.82) is 0 Å². The van der Waals surface area contributed by atoms with E-state index in [-0.39, 0.29) is 11.7 Å². The molecule has 4 heteroatoms. The summed E-state index contributed by atoms with van der Waals surface area (Å²) in [5.41, 5.74) is 1.50. The number of thiazole rings is 1. The van der Waals surface area contributed by atoms with Gasteiger partial charge in [0.15, 0.2) is 5.78 Å². The van der Waals surface area contributed by atoms with E-state index < -0.39 is 0 Å². The van der Waals surface area contributed by atoms with Crippen LogP contribution in [0.4, 0.5) is 0 Å². The maximum Gasteiger partial charge on any atom is 0.196 e. The number of hydrogen-bond acceptors (Lipinski definition) is 3. The molecule has 0 saturated carbocycles. The van der Waals surface area contributed by atoms with Gasteiger partial charge in [0.2, 0.25) is 0 Å². The molecule has 0 unspecified atom stereocenters. The highest BCUT2D eigenvalue weighted by Gasteiger charge is 2.12. The van der Waals surface area contributed by atoms with Crippen molar-refractivity contribution < 1.29 is 4.79 Å². The first-order valence-corrected chi connectivity index (χ1v) is 7.24. The molecule has 0 aliphatic rings. The fourth-order valence-corrected chi connectivity index (χ4v) is 3.01. The molecule has 3 rings (SSSR count). The Hall–Kier alpha value is -1.71. The van der Waals surface area contributed by atoms with Crippen LogP contribution in [0.3, 0.4) is 0 Å². The van der Waals surface area contributed by atoms with E-state index >= 15 is 0 Å². The lowest BCUT2D eigenvalue weighted by molar-refractivity contribution is 0.101. The molecule has 0 fully saturated rings. The minimum absolute atomic E-state index is 0.0291. The number of alkyl halides is 1. The third-order valence-corrected chi connectivity index (χ3v) is 4.05. The van der Waals surface area contributed by atoms with Gasteiger partial charge in [0, 0.05) is 10.9 Å². The first kappa shape index (κ1) is 12.3. The monoisotopic (exact) mass is 287 g/mol. The molecule has 94 valence electrons. The quantitative estimate of drug-likeness (QED) is 0.528. The van der Waals surface area contributed by atoms with E-state index in [9.17, 15) is 4.79 Å². The van der Waals surface area contributed by atoms with Crippen LogP contribution in [0.15, 0.2) is 47.8 Å². The number of halogens is 1. The van der Waals surface area contributed by atoms with Crippen LogP contribution in [0.1, 0.15) is 10.5 Å². The number of fused-ring (bicyclic) bond motifs is 1. The van der Waals surface area contributed by atoms with Gasteiger partial charge in [0.05, 0.1) is 5.88 Å². The molecule has 1 aromatic heterocycles. The second-order valence-electron chi connectivity index (χ2n) is 4.12. The van der Waals surface area contributed by atoms with Crippen LogP contribution in [0, 0.1) is 0 Å². The lowest BCUT2D eigenvalue weighted by atomic mass is 10.1. The molecule has 0 atom stereocenters. The molecular formula is C15H10ClNOS. The van der Waals surface area contributed by atoms with E-state index in [1.54, 1.807) is 5.38 Å². The molecule has 0 saturated heterocycles. The summed E-state index contributed by atoms with van der Waals surface area (Å²) in [5, 5.41) is 4.93. The molecule has 19 heavy (non-hydrogen) atoms. The molecule has 3 aromatic rings. The van der Waals surface area contributed by atoms with E-state index in [1.807, 2.05) is 24.3 Å². The molecule has 2 aromatic carbocycles. The van der Waals surface area contributed by atoms with Crippen molar-refractivity contribution in [2.24, 2.45) is 0 Å². The van der Waals surface area contributed by atoms with Gasteiger partial charge in [0.1, 0.15) is 10.7 Å². The Morgan fingerprint density at radius 2 is 1.95 bits per heavy atom. The highest BCUT2D eigenvalue weighted by Crippen LogP contribution is 2.30. The van der Waals surface area contributed by atoms with Crippen LogP contribution in [0.2, 0.25) is 0 Å². The maximum atomic E-state index is 11.5. The summed E-state index contributed by atoms with van der Waals surface area (Å²) in [4.78, 5) is 15.9. The largest absolute Gasteiger partial charge is 0.291 e. The highest BCUT2D eigenvalue weighted by molar-refractivity contribution is 7.13. The number of ketones is 1. The van der Waals surface area contributed by atoms with Crippen molar-refractivity contribution in [1.82, 2.24) is 4.98 Å². The Morgan fingerprint density at radius 1 is 1.16 bits per heavy atom. The van der Waals surface area contributed by atoms with Gasteiger partial charge in [-0.05, 0) is 10.8 Å². The minimum Gasteiger partial charge on any atom is -0.291 e. The third kappa shape index (κ3) is 2.27. The summed E-state index contributed by atoms with van der Waals surface area (Å²) >= 11 is 7.02. The van der Waals surface area contributed by atoms with E-state index in [2.05, 4.69) is 23.2 Å². The van der Waals surface area contributed by atoms with Gasteiger partial charge in [-0.25, -0.2) is 4.98 Å². The predicted molar refractivity (Wildman–Crippen MR) is 80.1 cm³/mol. The Labute approximate surface area is 119 Å². The van der Waals surface area contributed by atoms with Crippen molar-refractivity contribution >= 4 is 39.5 Å². The molecular weight excluding hydrogens is 278 g/mol. The zero-order valence-electron chi connectivity index (χ0n) is 9.97. The van der Waals surface area contributed by atoms with Crippen molar-refractivity contribution in [3.63, 3.8) is 0 Å². The Bertz CT molecular complexity index is 745. The van der Waals surface area contributed by atoms with Crippen LogP contribution in [0.5, 0.6) is 0 Å². The predicted octanol–water partition coefficient (Wildman–Crippen LogP) is 4.38.